The number of aryl methyl sites for hydroxylation is 1. The smallest absolute Gasteiger partial charge is 0.256 e. The molecule has 4 heterocycles. The minimum Gasteiger partial charge on any atom is -0.358 e. The Morgan fingerprint density at radius 2 is 1.71 bits per heavy atom. The molecule has 0 bridgehead atoms. The second-order valence-corrected chi connectivity index (χ2v) is 13.9. The highest BCUT2D eigenvalue weighted by Gasteiger charge is 2.31. The van der Waals surface area contributed by atoms with Gasteiger partial charge in [-0.3, -0.25) is 9.59 Å². The van der Waals surface area contributed by atoms with Gasteiger partial charge >= 0.3 is 0 Å². The molecule has 220 valence electrons. The molecule has 3 aliphatic heterocycles. The number of aromatic amines is 1. The molecular formula is C31H32Cl2N4O4S. The minimum absolute atomic E-state index is 0.0167. The lowest BCUT2D eigenvalue weighted by molar-refractivity contribution is -0.110. The van der Waals surface area contributed by atoms with Crippen LogP contribution in [-0.2, 0) is 26.8 Å². The van der Waals surface area contributed by atoms with E-state index in [9.17, 15) is 18.0 Å². The summed E-state index contributed by atoms with van der Waals surface area (Å²) in [6.07, 6.45) is 5.74. The number of H-pyrrole nitrogens is 1. The fourth-order valence-electron chi connectivity index (χ4n) is 6.08. The molecule has 0 atom stereocenters. The molecule has 0 radical (unpaired) electrons. The highest BCUT2D eigenvalue weighted by atomic mass is 35.5. The van der Waals surface area contributed by atoms with Gasteiger partial charge in [-0.2, -0.15) is 0 Å². The zero-order valence-electron chi connectivity index (χ0n) is 23.3. The number of nitrogens with one attached hydrogen (secondary N) is 2. The molecule has 8 nitrogen and oxygen atoms in total. The van der Waals surface area contributed by atoms with Gasteiger partial charge in [-0.1, -0.05) is 29.3 Å². The number of carbonyl (C=O) groups is 2. The van der Waals surface area contributed by atoms with Crippen LogP contribution in [0.2, 0.25) is 10.0 Å². The normalized spacial score (nSPS) is 18.4. The number of benzene rings is 2. The first-order valence-corrected chi connectivity index (χ1v) is 16.6. The zero-order chi connectivity index (χ0) is 29.6. The summed E-state index contributed by atoms with van der Waals surface area (Å²) in [4.78, 5) is 34.5. The third-order valence-electron chi connectivity index (χ3n) is 8.42. The predicted molar refractivity (Wildman–Crippen MR) is 166 cm³/mol. The molecule has 42 heavy (non-hydrogen) atoms. The van der Waals surface area contributed by atoms with Gasteiger partial charge in [0.25, 0.3) is 11.8 Å². The van der Waals surface area contributed by atoms with Crippen LogP contribution in [0.4, 0.5) is 5.69 Å². The Labute approximate surface area is 255 Å². The van der Waals surface area contributed by atoms with Crippen molar-refractivity contribution >= 4 is 62.2 Å². The Kier molecular flexibility index (Phi) is 7.95. The van der Waals surface area contributed by atoms with E-state index in [-0.39, 0.29) is 32.5 Å². The molecule has 11 heteroatoms. The molecule has 1 fully saturated rings. The molecule has 0 unspecified atom stereocenters. The van der Waals surface area contributed by atoms with Crippen LogP contribution in [0.3, 0.4) is 0 Å². The van der Waals surface area contributed by atoms with Gasteiger partial charge in [0.1, 0.15) is 0 Å². The number of fused-ring (bicyclic) bond motifs is 2. The Bertz CT molecular complexity index is 1700. The van der Waals surface area contributed by atoms with Gasteiger partial charge in [-0.15, -0.1) is 0 Å². The van der Waals surface area contributed by atoms with E-state index >= 15 is 0 Å². The standard InChI is InChI=1S/C31H32Cl2N4O4S/c1-19-28(34-27-8-5-13-37(31(39)29(19)27)15-14-36-11-2-3-12-36)17-22-21-16-20(9-10-26(21)35-30(22)38)42(40,41)18-23-24(32)6-4-7-25(23)33/h4,6-7,9-10,16-17,34H,2-3,5,8,11-15,18H2,1H3,(H,35,38)/b22-17-. The summed E-state index contributed by atoms with van der Waals surface area (Å²) < 4.78 is 26.8. The average molecular weight is 628 g/mol. The van der Waals surface area contributed by atoms with Crippen molar-refractivity contribution < 1.29 is 18.0 Å². The maximum absolute atomic E-state index is 13.6. The van der Waals surface area contributed by atoms with Crippen molar-refractivity contribution in [3.8, 4) is 0 Å². The second-order valence-electron chi connectivity index (χ2n) is 11.1. The van der Waals surface area contributed by atoms with Crippen molar-refractivity contribution in [2.45, 2.75) is 43.3 Å². The van der Waals surface area contributed by atoms with E-state index in [4.69, 9.17) is 23.2 Å². The monoisotopic (exact) mass is 626 g/mol. The second kappa shape index (κ2) is 11.5. The van der Waals surface area contributed by atoms with E-state index in [1.807, 2.05) is 11.8 Å². The molecule has 3 aromatic rings. The number of likely N-dealkylation sites (tertiary alicyclic amines) is 1. The minimum atomic E-state index is -3.83. The lowest BCUT2D eigenvalue weighted by atomic mass is 10.0. The maximum atomic E-state index is 13.6. The van der Waals surface area contributed by atoms with Gasteiger partial charge in [-0.25, -0.2) is 8.42 Å². The van der Waals surface area contributed by atoms with Crippen molar-refractivity contribution in [2.24, 2.45) is 0 Å². The summed E-state index contributed by atoms with van der Waals surface area (Å²) in [5, 5.41) is 3.37. The number of hydrogen-bond acceptors (Lipinski definition) is 5. The van der Waals surface area contributed by atoms with Crippen molar-refractivity contribution in [3.63, 3.8) is 0 Å². The largest absolute Gasteiger partial charge is 0.358 e. The Hall–Kier alpha value is -3.11. The molecule has 6 rings (SSSR count). The van der Waals surface area contributed by atoms with E-state index in [0.717, 1.165) is 50.3 Å². The van der Waals surface area contributed by atoms with Gasteiger partial charge in [-0.05, 0) is 87.7 Å². The number of sulfone groups is 1. The van der Waals surface area contributed by atoms with Crippen LogP contribution in [0.5, 0.6) is 0 Å². The number of anilines is 1. The quantitative estimate of drug-likeness (QED) is 0.333. The van der Waals surface area contributed by atoms with Crippen LogP contribution in [0, 0.1) is 6.92 Å². The topological polar surface area (TPSA) is 103 Å². The average Bonchev–Trinajstić information content (AvgIpc) is 3.63. The van der Waals surface area contributed by atoms with E-state index in [1.54, 1.807) is 30.3 Å². The lowest BCUT2D eigenvalue weighted by Gasteiger charge is -2.24. The molecule has 3 aliphatic rings. The van der Waals surface area contributed by atoms with Gasteiger partial charge in [0.15, 0.2) is 9.84 Å². The molecule has 0 spiro atoms. The van der Waals surface area contributed by atoms with E-state index in [2.05, 4.69) is 15.2 Å². The third kappa shape index (κ3) is 5.51. The van der Waals surface area contributed by atoms with Crippen LogP contribution in [0.25, 0.3) is 11.6 Å². The molecule has 1 saturated heterocycles. The van der Waals surface area contributed by atoms with Crippen LogP contribution >= 0.6 is 23.2 Å². The lowest BCUT2D eigenvalue weighted by Crippen LogP contribution is -2.38. The van der Waals surface area contributed by atoms with Crippen LogP contribution in [0.1, 0.15) is 57.7 Å². The zero-order valence-corrected chi connectivity index (χ0v) is 25.6. The number of amides is 2. The van der Waals surface area contributed by atoms with E-state index in [1.165, 1.54) is 25.0 Å². The van der Waals surface area contributed by atoms with E-state index < -0.39 is 9.84 Å². The van der Waals surface area contributed by atoms with Crippen molar-refractivity contribution in [1.82, 2.24) is 14.8 Å². The van der Waals surface area contributed by atoms with E-state index in [0.29, 0.717) is 40.2 Å². The Morgan fingerprint density at radius 1 is 0.976 bits per heavy atom. The molecule has 0 saturated carbocycles. The summed E-state index contributed by atoms with van der Waals surface area (Å²) in [7, 11) is -3.83. The first-order chi connectivity index (χ1) is 20.1. The van der Waals surface area contributed by atoms with Gasteiger partial charge in [0.05, 0.1) is 21.8 Å². The van der Waals surface area contributed by atoms with Crippen LogP contribution in [0.15, 0.2) is 41.3 Å². The Morgan fingerprint density at radius 3 is 2.45 bits per heavy atom. The molecule has 0 aliphatic carbocycles. The maximum Gasteiger partial charge on any atom is 0.256 e. The number of hydrogen-bond donors (Lipinski definition) is 2. The third-order valence-corrected chi connectivity index (χ3v) is 10.8. The fraction of sp³-hybridized carbons (Fsp3) is 0.355. The molecule has 2 amide bonds. The molecule has 1 aromatic heterocycles. The summed E-state index contributed by atoms with van der Waals surface area (Å²) in [5.41, 5.74) is 4.67. The van der Waals surface area contributed by atoms with Crippen molar-refractivity contribution in [2.75, 3.05) is 38.0 Å². The highest BCUT2D eigenvalue weighted by Crippen LogP contribution is 2.37. The fourth-order valence-corrected chi connectivity index (χ4v) is 8.20. The Balaban J connectivity index is 1.30. The highest BCUT2D eigenvalue weighted by molar-refractivity contribution is 7.90. The summed E-state index contributed by atoms with van der Waals surface area (Å²) in [6.45, 7) is 6.38. The van der Waals surface area contributed by atoms with Gasteiger partial charge in [0.2, 0.25) is 0 Å². The molecule has 2 aromatic carbocycles. The summed E-state index contributed by atoms with van der Waals surface area (Å²) in [6, 6.07) is 9.43. The first-order valence-electron chi connectivity index (χ1n) is 14.2. The summed E-state index contributed by atoms with van der Waals surface area (Å²) in [5.74, 6) is -0.691. The van der Waals surface area contributed by atoms with Crippen molar-refractivity contribution in [1.29, 1.82) is 0 Å². The van der Waals surface area contributed by atoms with Gasteiger partial charge in [0, 0.05) is 57.9 Å². The summed E-state index contributed by atoms with van der Waals surface area (Å²) >= 11 is 12.5. The van der Waals surface area contributed by atoms with Crippen LogP contribution < -0.4 is 5.32 Å². The number of rotatable bonds is 7. The number of halogens is 2. The number of aromatic nitrogens is 1. The van der Waals surface area contributed by atoms with Crippen molar-refractivity contribution in [3.05, 3.63) is 80.1 Å². The molecule has 2 N–H and O–H groups in total. The predicted octanol–water partition coefficient (Wildman–Crippen LogP) is 5.58. The number of nitrogens with zero attached hydrogens (tertiary/aromatic N) is 2. The number of carbonyl (C=O) groups excluding carboxylic acids is 2. The SMILES string of the molecule is Cc1c(/C=C2\C(=O)Nc3ccc(S(=O)(=O)Cc4c(Cl)cccc4Cl)cc32)[nH]c2c1C(=O)N(CCN1CCCC1)CCC2. The first kappa shape index (κ1) is 29.0. The van der Waals surface area contributed by atoms with Gasteiger partial charge < -0.3 is 20.1 Å². The molecular weight excluding hydrogens is 595 g/mol. The van der Waals surface area contributed by atoms with Crippen LogP contribution in [-0.4, -0.2) is 67.7 Å².